The lowest BCUT2D eigenvalue weighted by atomic mass is 10.1. The number of para-hydroxylation sites is 2. The van der Waals surface area contributed by atoms with E-state index in [9.17, 15) is 4.79 Å². The topological polar surface area (TPSA) is 35.6 Å². The van der Waals surface area contributed by atoms with Gasteiger partial charge in [0.15, 0.2) is 0 Å². The van der Waals surface area contributed by atoms with Crippen LogP contribution in [-0.4, -0.2) is 43.5 Å². The van der Waals surface area contributed by atoms with Crippen LogP contribution in [-0.2, 0) is 0 Å². The highest BCUT2D eigenvalue weighted by molar-refractivity contribution is 6.07. The van der Waals surface area contributed by atoms with Crippen LogP contribution in [0, 0.1) is 0 Å². The zero-order valence-corrected chi connectivity index (χ0v) is 15.7. The Morgan fingerprint density at radius 2 is 1.59 bits per heavy atom. The summed E-state index contributed by atoms with van der Waals surface area (Å²) in [6, 6.07) is 22.0. The Morgan fingerprint density at radius 1 is 0.889 bits per heavy atom. The van der Waals surface area contributed by atoms with Gasteiger partial charge in [-0.1, -0.05) is 49.4 Å². The first-order valence-electron chi connectivity index (χ1n) is 9.61. The highest BCUT2D eigenvalue weighted by Gasteiger charge is 2.19. The summed E-state index contributed by atoms with van der Waals surface area (Å²) in [5, 5.41) is 5.34. The molecule has 0 bridgehead atoms. The summed E-state index contributed by atoms with van der Waals surface area (Å²) in [6.45, 7) is 7.38. The van der Waals surface area contributed by atoms with Crippen molar-refractivity contribution >= 4 is 28.1 Å². The summed E-state index contributed by atoms with van der Waals surface area (Å²) in [5.74, 6) is -0.0691. The van der Waals surface area contributed by atoms with Crippen LogP contribution in [0.15, 0.2) is 66.7 Å². The van der Waals surface area contributed by atoms with Crippen LogP contribution in [0.3, 0.4) is 0 Å². The zero-order chi connectivity index (χ0) is 18.6. The van der Waals surface area contributed by atoms with Crippen molar-refractivity contribution in [1.29, 1.82) is 0 Å². The molecule has 1 N–H and O–H groups in total. The Kier molecular flexibility index (Phi) is 5.07. The highest BCUT2D eigenvalue weighted by atomic mass is 16.1. The molecule has 3 aromatic carbocycles. The quantitative estimate of drug-likeness (QED) is 0.757. The first-order valence-corrected chi connectivity index (χ1v) is 9.61. The summed E-state index contributed by atoms with van der Waals surface area (Å²) in [4.78, 5) is 17.7. The molecule has 0 unspecified atom stereocenters. The molecule has 0 aliphatic carbocycles. The zero-order valence-electron chi connectivity index (χ0n) is 15.7. The second-order valence-electron chi connectivity index (χ2n) is 6.95. The molecule has 0 spiro atoms. The fourth-order valence-corrected chi connectivity index (χ4v) is 3.69. The summed E-state index contributed by atoms with van der Waals surface area (Å²) in [5.41, 5.74) is 2.65. The third kappa shape index (κ3) is 3.81. The van der Waals surface area contributed by atoms with Crippen molar-refractivity contribution in [3.05, 3.63) is 72.3 Å². The SMILES string of the molecule is CCN1CCN(c2ccccc2NC(=O)c2ccc3ccccc3c2)CC1. The number of nitrogens with zero attached hydrogens (tertiary/aromatic N) is 2. The molecule has 1 saturated heterocycles. The minimum absolute atomic E-state index is 0.0691. The lowest BCUT2D eigenvalue weighted by Gasteiger charge is -2.36. The van der Waals surface area contributed by atoms with Gasteiger partial charge in [-0.05, 0) is 41.6 Å². The van der Waals surface area contributed by atoms with Crippen molar-refractivity contribution in [1.82, 2.24) is 4.90 Å². The maximum atomic E-state index is 12.9. The number of carbonyl (C=O) groups excluding carboxylic acids is 1. The average molecular weight is 359 g/mol. The molecule has 0 aromatic heterocycles. The molecule has 1 amide bonds. The van der Waals surface area contributed by atoms with Crippen molar-refractivity contribution in [2.45, 2.75) is 6.92 Å². The monoisotopic (exact) mass is 359 g/mol. The number of rotatable bonds is 4. The summed E-state index contributed by atoms with van der Waals surface area (Å²) >= 11 is 0. The number of hydrogen-bond donors (Lipinski definition) is 1. The third-order valence-corrected chi connectivity index (χ3v) is 5.32. The first-order chi connectivity index (χ1) is 13.2. The van der Waals surface area contributed by atoms with Gasteiger partial charge in [-0.3, -0.25) is 4.79 Å². The number of benzene rings is 3. The van der Waals surface area contributed by atoms with Gasteiger partial charge >= 0.3 is 0 Å². The molecule has 138 valence electrons. The highest BCUT2D eigenvalue weighted by Crippen LogP contribution is 2.27. The molecule has 0 radical (unpaired) electrons. The van der Waals surface area contributed by atoms with E-state index in [1.165, 1.54) is 0 Å². The average Bonchev–Trinajstić information content (AvgIpc) is 2.74. The van der Waals surface area contributed by atoms with Gasteiger partial charge in [0.2, 0.25) is 0 Å². The Balaban J connectivity index is 1.54. The molecule has 1 heterocycles. The maximum Gasteiger partial charge on any atom is 0.255 e. The third-order valence-electron chi connectivity index (χ3n) is 5.32. The number of hydrogen-bond acceptors (Lipinski definition) is 3. The summed E-state index contributed by atoms with van der Waals surface area (Å²) < 4.78 is 0. The normalized spacial score (nSPS) is 15.1. The molecule has 3 aromatic rings. The van der Waals surface area contributed by atoms with E-state index in [0.717, 1.165) is 54.9 Å². The number of likely N-dealkylation sites (N-methyl/N-ethyl adjacent to an activating group) is 1. The van der Waals surface area contributed by atoms with Crippen LogP contribution < -0.4 is 10.2 Å². The maximum absolute atomic E-state index is 12.9. The van der Waals surface area contributed by atoms with Crippen LogP contribution in [0.4, 0.5) is 11.4 Å². The number of anilines is 2. The Hall–Kier alpha value is -2.85. The van der Waals surface area contributed by atoms with Gasteiger partial charge in [0.25, 0.3) is 5.91 Å². The number of amides is 1. The van der Waals surface area contributed by atoms with Crippen LogP contribution in [0.25, 0.3) is 10.8 Å². The van der Waals surface area contributed by atoms with E-state index >= 15 is 0 Å². The van der Waals surface area contributed by atoms with Gasteiger partial charge in [0, 0.05) is 31.7 Å². The predicted molar refractivity (Wildman–Crippen MR) is 113 cm³/mol. The van der Waals surface area contributed by atoms with E-state index in [-0.39, 0.29) is 5.91 Å². The smallest absolute Gasteiger partial charge is 0.255 e. The molecule has 1 fully saturated rings. The molecule has 0 saturated carbocycles. The van der Waals surface area contributed by atoms with E-state index in [4.69, 9.17) is 0 Å². The number of carbonyl (C=O) groups is 1. The van der Waals surface area contributed by atoms with E-state index in [0.29, 0.717) is 5.56 Å². The molecular formula is C23H25N3O. The molecular weight excluding hydrogens is 334 g/mol. The Labute approximate surface area is 160 Å². The lowest BCUT2D eigenvalue weighted by molar-refractivity contribution is 0.102. The number of fused-ring (bicyclic) bond motifs is 1. The van der Waals surface area contributed by atoms with Gasteiger partial charge in [-0.25, -0.2) is 0 Å². The van der Waals surface area contributed by atoms with Crippen LogP contribution in [0.1, 0.15) is 17.3 Å². The van der Waals surface area contributed by atoms with E-state index in [1.807, 2.05) is 54.6 Å². The van der Waals surface area contributed by atoms with E-state index in [2.05, 4.69) is 34.2 Å². The molecule has 27 heavy (non-hydrogen) atoms. The van der Waals surface area contributed by atoms with Gasteiger partial charge < -0.3 is 15.1 Å². The van der Waals surface area contributed by atoms with Crippen molar-refractivity contribution < 1.29 is 4.79 Å². The second-order valence-corrected chi connectivity index (χ2v) is 6.95. The van der Waals surface area contributed by atoms with Crippen molar-refractivity contribution in [2.75, 3.05) is 42.9 Å². The lowest BCUT2D eigenvalue weighted by Crippen LogP contribution is -2.46. The fraction of sp³-hybridized carbons (Fsp3) is 0.261. The van der Waals surface area contributed by atoms with Gasteiger partial charge in [0.1, 0.15) is 0 Å². The number of nitrogens with one attached hydrogen (secondary N) is 1. The second kappa shape index (κ2) is 7.80. The van der Waals surface area contributed by atoms with Crippen molar-refractivity contribution in [3.63, 3.8) is 0 Å². The van der Waals surface area contributed by atoms with Gasteiger partial charge in [-0.15, -0.1) is 0 Å². The predicted octanol–water partition coefficient (Wildman–Crippen LogP) is 4.23. The van der Waals surface area contributed by atoms with Crippen molar-refractivity contribution in [2.24, 2.45) is 0 Å². The standard InChI is InChI=1S/C23H25N3O/c1-2-25-13-15-26(16-14-25)22-10-6-5-9-21(22)24-23(27)20-12-11-18-7-3-4-8-19(18)17-20/h3-12,17H,2,13-16H2,1H3,(H,24,27). The fourth-order valence-electron chi connectivity index (χ4n) is 3.69. The number of piperazine rings is 1. The minimum atomic E-state index is -0.0691. The van der Waals surface area contributed by atoms with E-state index < -0.39 is 0 Å². The van der Waals surface area contributed by atoms with Crippen LogP contribution >= 0.6 is 0 Å². The van der Waals surface area contributed by atoms with Gasteiger partial charge in [0.05, 0.1) is 11.4 Å². The van der Waals surface area contributed by atoms with Crippen molar-refractivity contribution in [3.8, 4) is 0 Å². The molecule has 0 atom stereocenters. The van der Waals surface area contributed by atoms with Crippen LogP contribution in [0.2, 0.25) is 0 Å². The summed E-state index contributed by atoms with van der Waals surface area (Å²) in [7, 11) is 0. The minimum Gasteiger partial charge on any atom is -0.367 e. The molecule has 1 aliphatic rings. The van der Waals surface area contributed by atoms with E-state index in [1.54, 1.807) is 0 Å². The Morgan fingerprint density at radius 3 is 2.37 bits per heavy atom. The molecule has 4 nitrogen and oxygen atoms in total. The summed E-state index contributed by atoms with van der Waals surface area (Å²) in [6.07, 6.45) is 0. The molecule has 1 aliphatic heterocycles. The van der Waals surface area contributed by atoms with Crippen LogP contribution in [0.5, 0.6) is 0 Å². The molecule has 4 rings (SSSR count). The van der Waals surface area contributed by atoms with Gasteiger partial charge in [-0.2, -0.15) is 0 Å². The largest absolute Gasteiger partial charge is 0.367 e. The molecule has 4 heteroatoms. The Bertz CT molecular complexity index is 945. The first kappa shape index (κ1) is 17.6.